The van der Waals surface area contributed by atoms with Crippen LogP contribution in [0.4, 0.5) is 0 Å². The molecule has 1 saturated heterocycles. The molecule has 2 heterocycles. The summed E-state index contributed by atoms with van der Waals surface area (Å²) in [7, 11) is 2.01. The van der Waals surface area contributed by atoms with E-state index in [4.69, 9.17) is 0 Å². The third-order valence-corrected chi connectivity index (χ3v) is 6.43. The Morgan fingerprint density at radius 1 is 1.28 bits per heavy atom. The van der Waals surface area contributed by atoms with Crippen molar-refractivity contribution in [1.82, 2.24) is 25.1 Å². The van der Waals surface area contributed by atoms with Crippen molar-refractivity contribution >= 4 is 18.3 Å². The molecule has 6 nitrogen and oxygen atoms in total. The van der Waals surface area contributed by atoms with Crippen LogP contribution in [0.1, 0.15) is 43.1 Å². The molecule has 2 fully saturated rings. The number of halogens is 1. The summed E-state index contributed by atoms with van der Waals surface area (Å²) >= 11 is 0. The van der Waals surface area contributed by atoms with Crippen LogP contribution in [0.2, 0.25) is 0 Å². The minimum absolute atomic E-state index is 0. The van der Waals surface area contributed by atoms with Gasteiger partial charge in [-0.3, -0.25) is 9.69 Å². The van der Waals surface area contributed by atoms with Gasteiger partial charge in [0, 0.05) is 51.0 Å². The van der Waals surface area contributed by atoms with Gasteiger partial charge in [0.1, 0.15) is 5.82 Å². The van der Waals surface area contributed by atoms with Gasteiger partial charge in [0.15, 0.2) is 0 Å². The summed E-state index contributed by atoms with van der Waals surface area (Å²) in [5.74, 6) is 1.12. The molecule has 29 heavy (non-hydrogen) atoms. The number of hydrogen-bond donors (Lipinski definition) is 2. The summed E-state index contributed by atoms with van der Waals surface area (Å²) in [5.41, 5.74) is 1.46. The van der Waals surface area contributed by atoms with Crippen LogP contribution in [0.25, 0.3) is 0 Å². The van der Waals surface area contributed by atoms with Crippen molar-refractivity contribution in [2.24, 2.45) is 7.05 Å². The Balaban J connectivity index is 0.00000240. The van der Waals surface area contributed by atoms with Crippen LogP contribution in [0.3, 0.4) is 0 Å². The largest absolute Gasteiger partial charge is 0.354 e. The first-order valence-corrected chi connectivity index (χ1v) is 10.4. The van der Waals surface area contributed by atoms with Gasteiger partial charge in [0.25, 0.3) is 0 Å². The number of nitrogens with zero attached hydrogens (tertiary/aromatic N) is 3. The normalized spacial score (nSPS) is 21.5. The summed E-state index contributed by atoms with van der Waals surface area (Å²) in [6.45, 7) is 3.74. The van der Waals surface area contributed by atoms with Gasteiger partial charge in [-0.25, -0.2) is 4.98 Å². The summed E-state index contributed by atoms with van der Waals surface area (Å²) in [5, 5.41) is 6.69. The van der Waals surface area contributed by atoms with E-state index in [0.29, 0.717) is 6.54 Å². The van der Waals surface area contributed by atoms with Crippen molar-refractivity contribution in [3.05, 3.63) is 54.1 Å². The van der Waals surface area contributed by atoms with E-state index >= 15 is 0 Å². The Kier molecular flexibility index (Phi) is 7.33. The molecule has 1 atom stereocenters. The predicted octanol–water partition coefficient (Wildman–Crippen LogP) is 2.42. The Bertz CT molecular complexity index is 788. The predicted molar refractivity (Wildman–Crippen MR) is 117 cm³/mol. The quantitative estimate of drug-likeness (QED) is 0.757. The molecule has 1 saturated carbocycles. The molecule has 7 heteroatoms. The number of aromatic nitrogens is 2. The molecule has 1 aromatic heterocycles. The van der Waals surface area contributed by atoms with E-state index in [1.165, 1.54) is 18.4 Å². The molecule has 0 radical (unpaired) electrons. The molecular formula is C22H32ClN5O. The summed E-state index contributed by atoms with van der Waals surface area (Å²) in [6.07, 6.45) is 8.58. The lowest BCUT2D eigenvalue weighted by molar-refractivity contribution is -0.123. The van der Waals surface area contributed by atoms with E-state index in [1.807, 2.05) is 24.0 Å². The highest BCUT2D eigenvalue weighted by molar-refractivity contribution is 5.85. The number of carbonyl (C=O) groups is 1. The topological polar surface area (TPSA) is 62.2 Å². The van der Waals surface area contributed by atoms with Gasteiger partial charge >= 0.3 is 0 Å². The van der Waals surface area contributed by atoms with Crippen LogP contribution in [0.5, 0.6) is 0 Å². The zero-order valence-electron chi connectivity index (χ0n) is 17.1. The van der Waals surface area contributed by atoms with Crippen LogP contribution in [-0.4, -0.2) is 53.1 Å². The van der Waals surface area contributed by atoms with Crippen molar-refractivity contribution in [2.75, 3.05) is 32.7 Å². The van der Waals surface area contributed by atoms with E-state index in [2.05, 4.69) is 50.8 Å². The number of rotatable bonds is 6. The van der Waals surface area contributed by atoms with Crippen LogP contribution >= 0.6 is 12.4 Å². The number of imidazole rings is 1. The molecule has 4 rings (SSSR count). The lowest BCUT2D eigenvalue weighted by Gasteiger charge is -2.36. The minimum Gasteiger partial charge on any atom is -0.354 e. The smallest absolute Gasteiger partial charge is 0.234 e. The summed E-state index contributed by atoms with van der Waals surface area (Å²) < 4.78 is 2.05. The fourth-order valence-corrected chi connectivity index (χ4v) is 4.81. The van der Waals surface area contributed by atoms with Gasteiger partial charge in [0.2, 0.25) is 5.91 Å². The Morgan fingerprint density at radius 2 is 2.03 bits per heavy atom. The standard InChI is InChI=1S/C22H31N5O.ClH/c1-26-13-12-24-21(26)19-15-23-11-14-27(19)16-20(28)25-17-22(9-5-6-10-22)18-7-3-2-4-8-18;/h2-4,7-8,12-13,19,23H,5-6,9-11,14-17H2,1H3,(H,25,28);1H. The zero-order chi connectivity index (χ0) is 19.4. The molecule has 1 unspecified atom stereocenters. The van der Waals surface area contributed by atoms with Gasteiger partial charge in [-0.05, 0) is 18.4 Å². The van der Waals surface area contributed by atoms with Crippen LogP contribution in [0.15, 0.2) is 42.7 Å². The lowest BCUT2D eigenvalue weighted by Crippen LogP contribution is -2.51. The minimum atomic E-state index is 0. The van der Waals surface area contributed by atoms with E-state index in [-0.39, 0.29) is 29.8 Å². The van der Waals surface area contributed by atoms with E-state index in [9.17, 15) is 4.79 Å². The Morgan fingerprint density at radius 3 is 2.72 bits per heavy atom. The molecule has 1 aromatic carbocycles. The van der Waals surface area contributed by atoms with Gasteiger partial charge < -0.3 is 15.2 Å². The summed E-state index contributed by atoms with van der Waals surface area (Å²) in [6, 6.07) is 10.8. The monoisotopic (exact) mass is 417 g/mol. The van der Waals surface area contributed by atoms with Crippen LogP contribution in [-0.2, 0) is 17.3 Å². The molecule has 0 spiro atoms. The number of amides is 1. The number of piperazine rings is 1. The first kappa shape index (κ1) is 21.8. The van der Waals surface area contributed by atoms with Crippen molar-refractivity contribution < 1.29 is 4.79 Å². The second-order valence-corrected chi connectivity index (χ2v) is 8.22. The number of aryl methyl sites for hydroxylation is 1. The van der Waals surface area contributed by atoms with Crippen LogP contribution in [0, 0.1) is 0 Å². The maximum Gasteiger partial charge on any atom is 0.234 e. The molecule has 0 bridgehead atoms. The van der Waals surface area contributed by atoms with Gasteiger partial charge in [0.05, 0.1) is 12.6 Å². The fraction of sp³-hybridized carbons (Fsp3) is 0.545. The van der Waals surface area contributed by atoms with E-state index in [0.717, 1.165) is 44.8 Å². The van der Waals surface area contributed by atoms with Crippen molar-refractivity contribution in [3.63, 3.8) is 0 Å². The zero-order valence-corrected chi connectivity index (χ0v) is 18.0. The SMILES string of the molecule is Cl.Cn1ccnc1C1CNCCN1CC(=O)NCC1(c2ccccc2)CCCC1. The van der Waals surface area contributed by atoms with Gasteiger partial charge in [-0.1, -0.05) is 43.2 Å². The number of benzene rings is 1. The Hall–Kier alpha value is -1.89. The third-order valence-electron chi connectivity index (χ3n) is 6.43. The van der Waals surface area contributed by atoms with Crippen molar-refractivity contribution in [1.29, 1.82) is 0 Å². The lowest BCUT2D eigenvalue weighted by atomic mass is 9.79. The molecule has 158 valence electrons. The third kappa shape index (κ3) is 4.82. The number of carbonyl (C=O) groups excluding carboxylic acids is 1. The molecule has 2 aliphatic rings. The van der Waals surface area contributed by atoms with E-state index in [1.54, 1.807) is 0 Å². The summed E-state index contributed by atoms with van der Waals surface area (Å²) in [4.78, 5) is 19.6. The first-order chi connectivity index (χ1) is 13.7. The van der Waals surface area contributed by atoms with Gasteiger partial charge in [-0.15, -0.1) is 12.4 Å². The highest BCUT2D eigenvalue weighted by atomic mass is 35.5. The maximum atomic E-state index is 12.8. The van der Waals surface area contributed by atoms with Crippen molar-refractivity contribution in [3.8, 4) is 0 Å². The number of hydrogen-bond acceptors (Lipinski definition) is 4. The molecule has 1 amide bonds. The average Bonchev–Trinajstić information content (AvgIpc) is 3.37. The molecule has 1 aliphatic carbocycles. The maximum absolute atomic E-state index is 12.8. The highest BCUT2D eigenvalue weighted by Crippen LogP contribution is 2.40. The molecule has 2 N–H and O–H groups in total. The van der Waals surface area contributed by atoms with E-state index < -0.39 is 0 Å². The highest BCUT2D eigenvalue weighted by Gasteiger charge is 2.36. The second kappa shape index (κ2) is 9.74. The molecule has 1 aliphatic heterocycles. The molecule has 2 aromatic rings. The fourth-order valence-electron chi connectivity index (χ4n) is 4.81. The number of nitrogens with one attached hydrogen (secondary N) is 2. The average molecular weight is 418 g/mol. The second-order valence-electron chi connectivity index (χ2n) is 8.22. The van der Waals surface area contributed by atoms with Gasteiger partial charge in [-0.2, -0.15) is 0 Å². The molecular weight excluding hydrogens is 386 g/mol. The van der Waals surface area contributed by atoms with Crippen molar-refractivity contribution in [2.45, 2.75) is 37.1 Å². The van der Waals surface area contributed by atoms with Crippen LogP contribution < -0.4 is 10.6 Å². The first-order valence-electron chi connectivity index (χ1n) is 10.4. The Labute approximate surface area is 179 Å².